The number of ether oxygens (including phenoxy) is 3. The van der Waals surface area contributed by atoms with Crippen molar-refractivity contribution in [3.05, 3.63) is 113 Å². The molecule has 188 valence electrons. The monoisotopic (exact) mass is 496 g/mol. The van der Waals surface area contributed by atoms with E-state index in [-0.39, 0.29) is 18.5 Å². The van der Waals surface area contributed by atoms with Crippen molar-refractivity contribution in [1.82, 2.24) is 9.97 Å². The number of imidazole rings is 1. The molecule has 1 heterocycles. The predicted octanol–water partition coefficient (Wildman–Crippen LogP) is 5.66. The number of aromatic nitrogens is 2. The lowest BCUT2D eigenvalue weighted by Gasteiger charge is -2.25. The second-order valence-electron chi connectivity index (χ2n) is 8.91. The Kier molecular flexibility index (Phi) is 7.31. The standard InChI is InChI=1S/C30H28N2O5/c1-35-30(34)21-9-5-10-22(17-21)36-19-25-23-11-6-12-26(33)24(23)13-14-27(25)37-28(18-29-31-15-16-32-29)20-7-3-2-4-8-20/h2-5,7-10,13-17,28H,6,11-12,18-19H2,1H3,(H,31,32)/t28-/m0/s1. The summed E-state index contributed by atoms with van der Waals surface area (Å²) in [5, 5.41) is 0. The Hall–Kier alpha value is -4.39. The van der Waals surface area contributed by atoms with Crippen LogP contribution < -0.4 is 9.47 Å². The van der Waals surface area contributed by atoms with Gasteiger partial charge >= 0.3 is 5.97 Å². The number of benzene rings is 3. The molecule has 0 bridgehead atoms. The molecule has 0 saturated heterocycles. The molecule has 0 unspecified atom stereocenters. The third kappa shape index (κ3) is 5.56. The Morgan fingerprint density at radius 3 is 2.70 bits per heavy atom. The molecule has 5 rings (SSSR count). The summed E-state index contributed by atoms with van der Waals surface area (Å²) in [5.74, 6) is 1.72. The molecule has 1 aliphatic carbocycles. The summed E-state index contributed by atoms with van der Waals surface area (Å²) >= 11 is 0. The van der Waals surface area contributed by atoms with Gasteiger partial charge in [0.05, 0.1) is 12.7 Å². The molecule has 3 aromatic carbocycles. The highest BCUT2D eigenvalue weighted by Gasteiger charge is 2.25. The van der Waals surface area contributed by atoms with E-state index in [2.05, 4.69) is 9.97 Å². The van der Waals surface area contributed by atoms with E-state index >= 15 is 0 Å². The largest absolute Gasteiger partial charge is 0.489 e. The van der Waals surface area contributed by atoms with Gasteiger partial charge in [0.2, 0.25) is 0 Å². The summed E-state index contributed by atoms with van der Waals surface area (Å²) < 4.78 is 17.6. The Morgan fingerprint density at radius 1 is 1.05 bits per heavy atom. The number of esters is 1. The molecule has 1 atom stereocenters. The van der Waals surface area contributed by atoms with E-state index in [0.29, 0.717) is 29.9 Å². The fraction of sp³-hybridized carbons (Fsp3) is 0.233. The number of nitrogens with zero attached hydrogens (tertiary/aromatic N) is 1. The number of fused-ring (bicyclic) bond motifs is 1. The summed E-state index contributed by atoms with van der Waals surface area (Å²) in [7, 11) is 1.35. The zero-order valence-corrected chi connectivity index (χ0v) is 20.6. The summed E-state index contributed by atoms with van der Waals surface area (Å²) in [6, 6.07) is 20.6. The maximum absolute atomic E-state index is 12.7. The van der Waals surface area contributed by atoms with Crippen LogP contribution >= 0.6 is 0 Å². The van der Waals surface area contributed by atoms with Crippen LogP contribution in [0, 0.1) is 0 Å². The van der Waals surface area contributed by atoms with Gasteiger partial charge in [-0.05, 0) is 54.3 Å². The number of carbonyl (C=O) groups excluding carboxylic acids is 2. The first-order valence-electron chi connectivity index (χ1n) is 12.3. The van der Waals surface area contributed by atoms with Gasteiger partial charge in [0.15, 0.2) is 5.78 Å². The fourth-order valence-corrected chi connectivity index (χ4v) is 4.67. The van der Waals surface area contributed by atoms with Gasteiger partial charge in [0.25, 0.3) is 0 Å². The normalized spacial score (nSPS) is 13.5. The molecule has 0 fully saturated rings. The topological polar surface area (TPSA) is 90.5 Å². The Bertz CT molecular complexity index is 1380. The number of hydrogen-bond donors (Lipinski definition) is 1. The van der Waals surface area contributed by atoms with Gasteiger partial charge in [-0.3, -0.25) is 4.79 Å². The van der Waals surface area contributed by atoms with Gasteiger partial charge in [0, 0.05) is 36.4 Å². The Morgan fingerprint density at radius 2 is 1.92 bits per heavy atom. The van der Waals surface area contributed by atoms with Gasteiger partial charge in [-0.2, -0.15) is 0 Å². The van der Waals surface area contributed by atoms with Gasteiger partial charge in [0.1, 0.15) is 30.0 Å². The zero-order valence-electron chi connectivity index (χ0n) is 20.6. The number of carbonyl (C=O) groups is 2. The van der Waals surface area contributed by atoms with Crippen LogP contribution in [0.5, 0.6) is 11.5 Å². The molecule has 7 heteroatoms. The van der Waals surface area contributed by atoms with Crippen LogP contribution in [0.15, 0.2) is 79.1 Å². The van der Waals surface area contributed by atoms with E-state index < -0.39 is 5.97 Å². The van der Waals surface area contributed by atoms with Crippen LogP contribution in [0.4, 0.5) is 0 Å². The molecule has 4 aromatic rings. The van der Waals surface area contributed by atoms with E-state index in [1.165, 1.54) is 7.11 Å². The first-order chi connectivity index (χ1) is 18.1. The van der Waals surface area contributed by atoms with E-state index in [9.17, 15) is 9.59 Å². The number of methoxy groups -OCH3 is 1. The van der Waals surface area contributed by atoms with Crippen LogP contribution in [0.3, 0.4) is 0 Å². The van der Waals surface area contributed by atoms with Gasteiger partial charge in [-0.1, -0.05) is 36.4 Å². The number of H-pyrrole nitrogens is 1. The first-order valence-corrected chi connectivity index (χ1v) is 12.3. The molecule has 0 aliphatic heterocycles. The minimum atomic E-state index is -0.430. The van der Waals surface area contributed by atoms with Gasteiger partial charge < -0.3 is 19.2 Å². The molecule has 0 amide bonds. The van der Waals surface area contributed by atoms with Crippen molar-refractivity contribution in [1.29, 1.82) is 0 Å². The van der Waals surface area contributed by atoms with Crippen LogP contribution in [0.2, 0.25) is 0 Å². The van der Waals surface area contributed by atoms with Crippen molar-refractivity contribution in [2.75, 3.05) is 7.11 Å². The SMILES string of the molecule is COC(=O)c1cccc(OCc2c(O[C@@H](Cc3ncc[nH]3)c3ccccc3)ccc3c2CCCC3=O)c1. The van der Waals surface area contributed by atoms with Crippen molar-refractivity contribution in [3.8, 4) is 11.5 Å². The average Bonchev–Trinajstić information content (AvgIpc) is 3.45. The molecular weight excluding hydrogens is 468 g/mol. The Balaban J connectivity index is 1.48. The number of ketones is 1. The molecule has 37 heavy (non-hydrogen) atoms. The third-order valence-corrected chi connectivity index (χ3v) is 6.53. The van der Waals surface area contributed by atoms with Crippen LogP contribution in [-0.2, 0) is 24.2 Å². The number of aromatic amines is 1. The maximum atomic E-state index is 12.7. The quantitative estimate of drug-likeness (QED) is 0.301. The van der Waals surface area contributed by atoms with Crippen molar-refractivity contribution >= 4 is 11.8 Å². The highest BCUT2D eigenvalue weighted by Crippen LogP contribution is 2.35. The summed E-state index contributed by atoms with van der Waals surface area (Å²) in [5.41, 5.74) is 3.95. The maximum Gasteiger partial charge on any atom is 0.337 e. The third-order valence-electron chi connectivity index (χ3n) is 6.53. The van der Waals surface area contributed by atoms with Crippen LogP contribution in [0.25, 0.3) is 0 Å². The minimum Gasteiger partial charge on any atom is -0.489 e. The van der Waals surface area contributed by atoms with Gasteiger partial charge in [-0.15, -0.1) is 0 Å². The summed E-state index contributed by atoms with van der Waals surface area (Å²) in [6.45, 7) is 0.193. The molecule has 1 aromatic heterocycles. The van der Waals surface area contributed by atoms with Crippen LogP contribution in [-0.4, -0.2) is 28.8 Å². The predicted molar refractivity (Wildman–Crippen MR) is 138 cm³/mol. The van der Waals surface area contributed by atoms with E-state index in [1.807, 2.05) is 42.5 Å². The molecule has 1 aliphatic rings. The number of Topliss-reactive ketones (excluding diaryl/α,β-unsaturated/α-hetero) is 1. The van der Waals surface area contributed by atoms with E-state index in [0.717, 1.165) is 40.9 Å². The molecule has 0 spiro atoms. The molecule has 7 nitrogen and oxygen atoms in total. The summed E-state index contributed by atoms with van der Waals surface area (Å²) in [4.78, 5) is 32.2. The van der Waals surface area contributed by atoms with E-state index in [1.54, 1.807) is 36.7 Å². The lowest BCUT2D eigenvalue weighted by Crippen LogP contribution is -2.18. The van der Waals surface area contributed by atoms with Crippen LogP contribution in [0.1, 0.15) is 62.2 Å². The lowest BCUT2D eigenvalue weighted by molar-refractivity contribution is 0.0600. The molecule has 0 saturated carbocycles. The second kappa shape index (κ2) is 11.1. The highest BCUT2D eigenvalue weighted by molar-refractivity contribution is 5.99. The first kappa shape index (κ1) is 24.3. The molecular formula is C30H28N2O5. The fourth-order valence-electron chi connectivity index (χ4n) is 4.67. The lowest BCUT2D eigenvalue weighted by atomic mass is 9.87. The smallest absolute Gasteiger partial charge is 0.337 e. The molecule has 0 radical (unpaired) electrons. The zero-order chi connectivity index (χ0) is 25.6. The van der Waals surface area contributed by atoms with Crippen molar-refractivity contribution in [2.45, 2.75) is 38.4 Å². The number of nitrogens with one attached hydrogen (secondary N) is 1. The van der Waals surface area contributed by atoms with Crippen molar-refractivity contribution < 1.29 is 23.8 Å². The number of hydrogen-bond acceptors (Lipinski definition) is 6. The highest BCUT2D eigenvalue weighted by atomic mass is 16.5. The van der Waals surface area contributed by atoms with Gasteiger partial charge in [-0.25, -0.2) is 9.78 Å². The van der Waals surface area contributed by atoms with E-state index in [4.69, 9.17) is 14.2 Å². The number of rotatable bonds is 9. The average molecular weight is 497 g/mol. The van der Waals surface area contributed by atoms with Crippen molar-refractivity contribution in [3.63, 3.8) is 0 Å². The van der Waals surface area contributed by atoms with Crippen molar-refractivity contribution in [2.24, 2.45) is 0 Å². The second-order valence-corrected chi connectivity index (χ2v) is 8.91. The summed E-state index contributed by atoms with van der Waals surface area (Å²) in [6.07, 6.45) is 5.87. The minimum absolute atomic E-state index is 0.136. The Labute approximate surface area is 215 Å². The molecule has 1 N–H and O–H groups in total.